The maximum atomic E-state index is 12.4. The van der Waals surface area contributed by atoms with Crippen LogP contribution in [0.15, 0.2) is 23.1 Å². The van der Waals surface area contributed by atoms with Crippen molar-refractivity contribution in [3.8, 4) is 0 Å². The van der Waals surface area contributed by atoms with Crippen molar-refractivity contribution in [3.05, 3.63) is 23.8 Å². The van der Waals surface area contributed by atoms with Crippen molar-refractivity contribution >= 4 is 25.7 Å². The van der Waals surface area contributed by atoms with E-state index in [4.69, 9.17) is 0 Å². The Hall–Kier alpha value is -1.12. The van der Waals surface area contributed by atoms with E-state index in [1.54, 1.807) is 19.1 Å². The molecule has 6 nitrogen and oxygen atoms in total. The molecule has 0 radical (unpaired) electrons. The predicted octanol–water partition coefficient (Wildman–Crippen LogP) is 2.25. The zero-order chi connectivity index (χ0) is 18.0. The highest BCUT2D eigenvalue weighted by Crippen LogP contribution is 2.27. The Kier molecular flexibility index (Phi) is 5.93. The highest BCUT2D eigenvalue weighted by Gasteiger charge is 2.27. The smallest absolute Gasteiger partial charge is 0.240 e. The number of nitrogens with zero attached hydrogens (tertiary/aromatic N) is 1. The predicted molar refractivity (Wildman–Crippen MR) is 96.2 cm³/mol. The Morgan fingerprint density at radius 2 is 1.96 bits per heavy atom. The quantitative estimate of drug-likeness (QED) is 0.828. The van der Waals surface area contributed by atoms with E-state index in [9.17, 15) is 16.8 Å². The molecule has 0 unspecified atom stereocenters. The Balaban J connectivity index is 2.23. The third-order valence-electron chi connectivity index (χ3n) is 4.10. The Bertz CT molecular complexity index is 786. The van der Waals surface area contributed by atoms with Crippen LogP contribution >= 0.6 is 0 Å². The number of sulfonamides is 2. The summed E-state index contributed by atoms with van der Waals surface area (Å²) in [4.78, 5) is 0.199. The number of hydrogen-bond acceptors (Lipinski definition) is 4. The molecule has 1 saturated heterocycles. The standard InChI is InChI=1S/C16H26N2O4S2/c1-13(2)8-9-17-24(21,22)16-7-6-15(12-14(16)3)18-10-4-5-11-23(18,19)20/h6-7,12-13,17H,4-5,8-11H2,1-3H3. The monoisotopic (exact) mass is 374 g/mol. The van der Waals surface area contributed by atoms with Crippen molar-refractivity contribution < 1.29 is 16.8 Å². The summed E-state index contributed by atoms with van der Waals surface area (Å²) in [7, 11) is -6.88. The fraction of sp³-hybridized carbons (Fsp3) is 0.625. The maximum absolute atomic E-state index is 12.4. The van der Waals surface area contributed by atoms with Crippen LogP contribution < -0.4 is 9.03 Å². The first-order chi connectivity index (χ1) is 11.1. The van der Waals surface area contributed by atoms with E-state index >= 15 is 0 Å². The first-order valence-electron chi connectivity index (χ1n) is 8.24. The van der Waals surface area contributed by atoms with Crippen LogP contribution in [0.1, 0.15) is 38.7 Å². The van der Waals surface area contributed by atoms with Crippen molar-refractivity contribution in [3.63, 3.8) is 0 Å². The molecule has 0 amide bonds. The Labute approximate surface area is 145 Å². The van der Waals surface area contributed by atoms with Gasteiger partial charge in [-0.05, 0) is 55.9 Å². The van der Waals surface area contributed by atoms with E-state index in [-0.39, 0.29) is 10.6 Å². The molecule has 1 fully saturated rings. The van der Waals surface area contributed by atoms with Gasteiger partial charge in [-0.1, -0.05) is 13.8 Å². The second-order valence-corrected chi connectivity index (χ2v) is 10.4. The van der Waals surface area contributed by atoms with Crippen LogP contribution in [0.25, 0.3) is 0 Å². The van der Waals surface area contributed by atoms with E-state index < -0.39 is 20.0 Å². The third-order valence-corrected chi connectivity index (χ3v) is 7.59. The minimum atomic E-state index is -3.58. The molecule has 8 heteroatoms. The molecule has 0 aliphatic carbocycles. The first-order valence-corrected chi connectivity index (χ1v) is 11.3. The van der Waals surface area contributed by atoms with Gasteiger partial charge in [0.05, 0.1) is 16.3 Å². The summed E-state index contributed by atoms with van der Waals surface area (Å²) in [5, 5.41) is 0. The molecule has 1 heterocycles. The minimum absolute atomic E-state index is 0.142. The van der Waals surface area contributed by atoms with Gasteiger partial charge in [0.1, 0.15) is 0 Å². The molecule has 0 saturated carbocycles. The summed E-state index contributed by atoms with van der Waals surface area (Å²) in [6.07, 6.45) is 2.25. The normalized spacial score (nSPS) is 18.1. The zero-order valence-electron chi connectivity index (χ0n) is 14.4. The average Bonchev–Trinajstić information content (AvgIpc) is 2.45. The van der Waals surface area contributed by atoms with E-state index in [0.29, 0.717) is 36.7 Å². The Morgan fingerprint density at radius 1 is 1.25 bits per heavy atom. The average molecular weight is 375 g/mol. The highest BCUT2D eigenvalue weighted by atomic mass is 32.2. The largest absolute Gasteiger partial charge is 0.270 e. The SMILES string of the molecule is Cc1cc(N2CCCCS2(=O)=O)ccc1S(=O)(=O)NCCC(C)C. The van der Waals surface area contributed by atoms with Gasteiger partial charge in [0, 0.05) is 13.1 Å². The molecule has 1 aliphatic rings. The van der Waals surface area contributed by atoms with E-state index in [1.807, 2.05) is 13.8 Å². The van der Waals surface area contributed by atoms with Crippen LogP contribution in [0.5, 0.6) is 0 Å². The molecular formula is C16H26N2O4S2. The molecular weight excluding hydrogens is 348 g/mol. The second-order valence-electron chi connectivity index (χ2n) is 6.63. The molecule has 2 rings (SSSR count). The molecule has 1 aromatic rings. The van der Waals surface area contributed by atoms with Crippen LogP contribution in [0.4, 0.5) is 5.69 Å². The van der Waals surface area contributed by atoms with E-state index in [0.717, 1.165) is 12.8 Å². The van der Waals surface area contributed by atoms with Crippen LogP contribution in [0.3, 0.4) is 0 Å². The van der Waals surface area contributed by atoms with Gasteiger partial charge in [-0.25, -0.2) is 21.6 Å². The molecule has 0 atom stereocenters. The molecule has 0 spiro atoms. The van der Waals surface area contributed by atoms with Gasteiger partial charge in [0.15, 0.2) is 0 Å². The lowest BCUT2D eigenvalue weighted by molar-refractivity contribution is 0.551. The summed E-state index contributed by atoms with van der Waals surface area (Å²) >= 11 is 0. The van der Waals surface area contributed by atoms with Crippen LogP contribution in [-0.2, 0) is 20.0 Å². The van der Waals surface area contributed by atoms with Crippen molar-refractivity contribution in [2.45, 2.75) is 44.9 Å². The lowest BCUT2D eigenvalue weighted by Crippen LogP contribution is -2.38. The molecule has 136 valence electrons. The van der Waals surface area contributed by atoms with Gasteiger partial charge in [0.25, 0.3) is 0 Å². The van der Waals surface area contributed by atoms with Gasteiger partial charge in [-0.2, -0.15) is 0 Å². The summed E-state index contributed by atoms with van der Waals surface area (Å²) in [6.45, 7) is 6.60. The summed E-state index contributed by atoms with van der Waals surface area (Å²) < 4.78 is 53.1. The van der Waals surface area contributed by atoms with Crippen LogP contribution in [0.2, 0.25) is 0 Å². The summed E-state index contributed by atoms with van der Waals surface area (Å²) in [6, 6.07) is 4.71. The highest BCUT2D eigenvalue weighted by molar-refractivity contribution is 7.92. The van der Waals surface area contributed by atoms with Crippen molar-refractivity contribution in [1.29, 1.82) is 0 Å². The number of benzene rings is 1. The number of aryl methyl sites for hydroxylation is 1. The number of hydrogen-bond donors (Lipinski definition) is 1. The summed E-state index contributed by atoms with van der Waals surface area (Å²) in [5.41, 5.74) is 1.08. The number of nitrogens with one attached hydrogen (secondary N) is 1. The van der Waals surface area contributed by atoms with Crippen molar-refractivity contribution in [2.75, 3.05) is 23.1 Å². The van der Waals surface area contributed by atoms with E-state index in [1.165, 1.54) is 10.4 Å². The maximum Gasteiger partial charge on any atom is 0.240 e. The topological polar surface area (TPSA) is 83.6 Å². The number of rotatable bonds is 6. The van der Waals surface area contributed by atoms with Gasteiger partial charge in [-0.3, -0.25) is 4.31 Å². The lowest BCUT2D eigenvalue weighted by atomic mass is 10.1. The van der Waals surface area contributed by atoms with Gasteiger partial charge < -0.3 is 0 Å². The minimum Gasteiger partial charge on any atom is -0.270 e. The molecule has 24 heavy (non-hydrogen) atoms. The van der Waals surface area contributed by atoms with Crippen molar-refractivity contribution in [2.24, 2.45) is 5.92 Å². The third kappa shape index (κ3) is 4.49. The van der Waals surface area contributed by atoms with Crippen LogP contribution in [0, 0.1) is 12.8 Å². The van der Waals surface area contributed by atoms with E-state index in [2.05, 4.69) is 4.72 Å². The number of anilines is 1. The molecule has 1 aromatic carbocycles. The molecule has 0 aromatic heterocycles. The van der Waals surface area contributed by atoms with Crippen LogP contribution in [-0.4, -0.2) is 35.7 Å². The second kappa shape index (κ2) is 7.41. The Morgan fingerprint density at radius 3 is 2.54 bits per heavy atom. The van der Waals surface area contributed by atoms with Gasteiger partial charge in [0.2, 0.25) is 20.0 Å². The van der Waals surface area contributed by atoms with Crippen molar-refractivity contribution in [1.82, 2.24) is 4.72 Å². The first kappa shape index (κ1) is 19.2. The molecule has 1 aliphatic heterocycles. The van der Waals surface area contributed by atoms with Gasteiger partial charge in [-0.15, -0.1) is 0 Å². The lowest BCUT2D eigenvalue weighted by Gasteiger charge is -2.28. The molecule has 0 bridgehead atoms. The fourth-order valence-electron chi connectivity index (χ4n) is 2.73. The molecule has 1 N–H and O–H groups in total. The fourth-order valence-corrected chi connectivity index (χ4v) is 5.63. The van der Waals surface area contributed by atoms with Gasteiger partial charge >= 0.3 is 0 Å². The zero-order valence-corrected chi connectivity index (χ0v) is 16.1. The summed E-state index contributed by atoms with van der Waals surface area (Å²) in [5.74, 6) is 0.559.